The molecule has 0 radical (unpaired) electrons. The molecule has 0 bridgehead atoms. The first-order valence-corrected chi connectivity index (χ1v) is 7.38. The zero-order chi connectivity index (χ0) is 13.8. The van der Waals surface area contributed by atoms with Crippen molar-refractivity contribution in [1.82, 2.24) is 14.1 Å². The largest absolute Gasteiger partial charge is 0.496 e. The number of ether oxygens (including phenoxy) is 1. The van der Waals surface area contributed by atoms with Crippen molar-refractivity contribution >= 4 is 51.8 Å². The van der Waals surface area contributed by atoms with E-state index >= 15 is 0 Å². The molecule has 0 saturated carbocycles. The molecule has 0 atom stereocenters. The van der Waals surface area contributed by atoms with E-state index in [0.29, 0.717) is 23.0 Å². The van der Waals surface area contributed by atoms with E-state index in [1.807, 2.05) is 6.07 Å². The molecule has 2 rings (SSSR count). The minimum Gasteiger partial charge on any atom is -0.496 e. The van der Waals surface area contributed by atoms with Crippen molar-refractivity contribution in [1.29, 1.82) is 0 Å². The van der Waals surface area contributed by atoms with Gasteiger partial charge in [-0.3, -0.25) is 4.79 Å². The van der Waals surface area contributed by atoms with Crippen molar-refractivity contribution in [2.45, 2.75) is 6.54 Å². The lowest BCUT2D eigenvalue weighted by molar-refractivity contribution is 0.0946. The molecular formula is C11H9ClIN3O2S. The van der Waals surface area contributed by atoms with Crippen LogP contribution in [0.5, 0.6) is 5.75 Å². The number of rotatable bonds is 4. The summed E-state index contributed by atoms with van der Waals surface area (Å²) in [6.07, 6.45) is 1.43. The van der Waals surface area contributed by atoms with E-state index in [0.717, 1.165) is 20.9 Å². The first kappa shape index (κ1) is 14.5. The summed E-state index contributed by atoms with van der Waals surface area (Å²) in [6, 6.07) is 3.61. The first-order valence-electron chi connectivity index (χ1n) is 5.19. The highest BCUT2D eigenvalue weighted by Crippen LogP contribution is 2.28. The molecule has 0 unspecified atom stereocenters. The number of nitrogens with one attached hydrogen (secondary N) is 1. The molecule has 100 valence electrons. The third kappa shape index (κ3) is 3.54. The number of amides is 1. The Morgan fingerprint density at radius 1 is 1.58 bits per heavy atom. The second kappa shape index (κ2) is 6.49. The lowest BCUT2D eigenvalue weighted by Crippen LogP contribution is -2.23. The highest BCUT2D eigenvalue weighted by Gasteiger charge is 2.11. The van der Waals surface area contributed by atoms with Gasteiger partial charge in [0.15, 0.2) is 5.69 Å². The Labute approximate surface area is 132 Å². The zero-order valence-corrected chi connectivity index (χ0v) is 13.5. The van der Waals surface area contributed by atoms with Gasteiger partial charge in [0.25, 0.3) is 5.91 Å². The maximum Gasteiger partial charge on any atom is 0.272 e. The molecule has 1 aromatic heterocycles. The summed E-state index contributed by atoms with van der Waals surface area (Å²) in [7, 11) is 1.58. The molecule has 0 aliphatic rings. The molecule has 0 aliphatic heterocycles. The van der Waals surface area contributed by atoms with Crippen molar-refractivity contribution in [3.63, 3.8) is 0 Å². The molecule has 0 aliphatic carbocycles. The van der Waals surface area contributed by atoms with Crippen LogP contribution in [0, 0.1) is 3.57 Å². The van der Waals surface area contributed by atoms with Crippen LogP contribution in [-0.2, 0) is 6.54 Å². The fourth-order valence-electron chi connectivity index (χ4n) is 1.43. The topological polar surface area (TPSA) is 64.1 Å². The monoisotopic (exact) mass is 409 g/mol. The molecule has 1 N–H and O–H groups in total. The maximum atomic E-state index is 11.7. The van der Waals surface area contributed by atoms with Crippen LogP contribution in [0.1, 0.15) is 16.1 Å². The molecule has 0 saturated heterocycles. The Bertz CT molecular complexity index is 592. The third-order valence-corrected chi connectivity index (χ3v) is 4.36. The molecule has 5 nitrogen and oxygen atoms in total. The number of aromatic nitrogens is 2. The Morgan fingerprint density at radius 3 is 3.00 bits per heavy atom. The summed E-state index contributed by atoms with van der Waals surface area (Å²) in [6.45, 7) is 0.316. The molecule has 0 fully saturated rings. The van der Waals surface area contributed by atoms with Crippen LogP contribution in [0.15, 0.2) is 18.3 Å². The summed E-state index contributed by atoms with van der Waals surface area (Å²) in [5, 5.41) is 3.37. The van der Waals surface area contributed by atoms with Gasteiger partial charge in [0.05, 0.1) is 30.1 Å². The normalized spacial score (nSPS) is 10.3. The smallest absolute Gasteiger partial charge is 0.272 e. The summed E-state index contributed by atoms with van der Waals surface area (Å²) in [4.78, 5) is 11.7. The van der Waals surface area contributed by atoms with Gasteiger partial charge in [-0.2, -0.15) is 8.75 Å². The van der Waals surface area contributed by atoms with E-state index in [1.54, 1.807) is 13.2 Å². The van der Waals surface area contributed by atoms with E-state index in [2.05, 4.69) is 36.7 Å². The van der Waals surface area contributed by atoms with Crippen molar-refractivity contribution in [2.75, 3.05) is 7.11 Å². The van der Waals surface area contributed by atoms with Gasteiger partial charge in [-0.1, -0.05) is 11.6 Å². The van der Waals surface area contributed by atoms with Gasteiger partial charge in [-0.15, -0.1) is 0 Å². The third-order valence-electron chi connectivity index (χ3n) is 2.36. The predicted octanol–water partition coefficient (Wildman–Crippen LogP) is 2.73. The second-order valence-electron chi connectivity index (χ2n) is 3.55. The van der Waals surface area contributed by atoms with E-state index in [9.17, 15) is 4.79 Å². The molecular weight excluding hydrogens is 401 g/mol. The van der Waals surface area contributed by atoms with E-state index in [4.69, 9.17) is 16.3 Å². The lowest BCUT2D eigenvalue weighted by atomic mass is 10.2. The van der Waals surface area contributed by atoms with Crippen molar-refractivity contribution in [2.24, 2.45) is 0 Å². The molecule has 8 heteroatoms. The Morgan fingerprint density at radius 2 is 2.37 bits per heavy atom. The highest BCUT2D eigenvalue weighted by molar-refractivity contribution is 14.1. The number of carbonyl (C=O) groups excluding carboxylic acids is 1. The number of methoxy groups -OCH3 is 1. The number of benzene rings is 1. The average Bonchev–Trinajstić information content (AvgIpc) is 2.93. The molecule has 19 heavy (non-hydrogen) atoms. The van der Waals surface area contributed by atoms with Crippen LogP contribution in [0.4, 0.5) is 0 Å². The number of carbonyl (C=O) groups is 1. The van der Waals surface area contributed by atoms with Crippen molar-refractivity contribution in [3.05, 3.63) is 38.2 Å². The van der Waals surface area contributed by atoms with Crippen LogP contribution in [-0.4, -0.2) is 21.8 Å². The van der Waals surface area contributed by atoms with Crippen molar-refractivity contribution in [3.8, 4) is 5.75 Å². The first-order chi connectivity index (χ1) is 9.11. The Kier molecular flexibility index (Phi) is 4.94. The van der Waals surface area contributed by atoms with Gasteiger partial charge in [-0.05, 0) is 34.7 Å². The average molecular weight is 410 g/mol. The summed E-state index contributed by atoms with van der Waals surface area (Å²) in [5.74, 6) is 0.413. The second-order valence-corrected chi connectivity index (χ2v) is 5.68. The maximum absolute atomic E-state index is 11.7. The van der Waals surface area contributed by atoms with Gasteiger partial charge in [-0.25, -0.2) is 0 Å². The molecule has 2 aromatic rings. The van der Waals surface area contributed by atoms with E-state index in [-0.39, 0.29) is 5.91 Å². The number of nitrogens with zero attached hydrogens (tertiary/aromatic N) is 2. The van der Waals surface area contributed by atoms with Crippen molar-refractivity contribution < 1.29 is 9.53 Å². The molecule has 1 aromatic carbocycles. The van der Waals surface area contributed by atoms with E-state index < -0.39 is 0 Å². The van der Waals surface area contributed by atoms with Gasteiger partial charge in [0, 0.05) is 15.7 Å². The lowest BCUT2D eigenvalue weighted by Gasteiger charge is -2.10. The van der Waals surface area contributed by atoms with Crippen LogP contribution >= 0.6 is 45.9 Å². The SMILES string of the molecule is COc1cc(I)c(Cl)cc1CNC(=O)c1cnsn1. The van der Waals surface area contributed by atoms with Gasteiger partial charge < -0.3 is 10.1 Å². The molecule has 1 heterocycles. The van der Waals surface area contributed by atoms with Crippen LogP contribution < -0.4 is 10.1 Å². The standard InChI is InChI=1S/C11H9ClIN3O2S/c1-18-10-3-8(13)7(12)2-6(10)4-14-11(17)9-5-15-19-16-9/h2-3,5H,4H2,1H3,(H,14,17). The Balaban J connectivity index is 2.11. The minimum absolute atomic E-state index is 0.273. The van der Waals surface area contributed by atoms with Gasteiger partial charge in [0.2, 0.25) is 0 Å². The minimum atomic E-state index is -0.273. The zero-order valence-electron chi connectivity index (χ0n) is 9.81. The number of hydrogen-bond acceptors (Lipinski definition) is 5. The van der Waals surface area contributed by atoms with Crippen LogP contribution in [0.3, 0.4) is 0 Å². The van der Waals surface area contributed by atoms with Crippen LogP contribution in [0.2, 0.25) is 5.02 Å². The van der Waals surface area contributed by atoms with E-state index in [1.165, 1.54) is 6.20 Å². The molecule has 1 amide bonds. The summed E-state index contributed by atoms with van der Waals surface area (Å²) in [5.41, 5.74) is 1.12. The fourth-order valence-corrected chi connectivity index (χ4v) is 2.47. The number of halogens is 2. The van der Waals surface area contributed by atoms with Gasteiger partial charge >= 0.3 is 0 Å². The van der Waals surface area contributed by atoms with Gasteiger partial charge in [0.1, 0.15) is 5.75 Å². The predicted molar refractivity (Wildman–Crippen MR) is 81.8 cm³/mol. The highest BCUT2D eigenvalue weighted by atomic mass is 127. The van der Waals surface area contributed by atoms with Crippen LogP contribution in [0.25, 0.3) is 0 Å². The molecule has 0 spiro atoms. The Hall–Kier alpha value is -0.930. The summed E-state index contributed by atoms with van der Waals surface area (Å²) < 4.78 is 13.8. The number of hydrogen-bond donors (Lipinski definition) is 1. The quantitative estimate of drug-likeness (QED) is 0.789. The fraction of sp³-hybridized carbons (Fsp3) is 0.182. The summed E-state index contributed by atoms with van der Waals surface area (Å²) >= 11 is 9.18.